The van der Waals surface area contributed by atoms with E-state index >= 15 is 0 Å². The van der Waals surface area contributed by atoms with Gasteiger partial charge >= 0.3 is 0 Å². The molecule has 18 heavy (non-hydrogen) atoms. The fraction of sp³-hybridized carbons (Fsp3) is 0.308. The zero-order valence-corrected chi connectivity index (χ0v) is 11.0. The van der Waals surface area contributed by atoms with Crippen molar-refractivity contribution in [2.24, 2.45) is 0 Å². The summed E-state index contributed by atoms with van der Waals surface area (Å²) < 4.78 is 5.21. The lowest BCUT2D eigenvalue weighted by atomic mass is 10.1. The number of ether oxygens (including phenoxy) is 1. The molecule has 0 aliphatic carbocycles. The number of methoxy groups -OCH3 is 1. The van der Waals surface area contributed by atoms with E-state index in [-0.39, 0.29) is 6.61 Å². The molecule has 96 valence electrons. The molecule has 0 fully saturated rings. The Labute approximate surface area is 110 Å². The van der Waals surface area contributed by atoms with Crippen LogP contribution in [0.3, 0.4) is 0 Å². The van der Waals surface area contributed by atoms with E-state index in [1.54, 1.807) is 18.4 Å². The zero-order chi connectivity index (χ0) is 12.8. The Morgan fingerprint density at radius 2 is 2.33 bits per heavy atom. The third-order valence-electron chi connectivity index (χ3n) is 2.64. The summed E-state index contributed by atoms with van der Waals surface area (Å²) in [5, 5.41) is 14.4. The van der Waals surface area contributed by atoms with Crippen molar-refractivity contribution in [3.63, 3.8) is 0 Å². The molecule has 2 N–H and O–H groups in total. The smallest absolute Gasteiger partial charge is 0.120 e. The number of hydrogen-bond acceptors (Lipinski definition) is 5. The van der Waals surface area contributed by atoms with Crippen molar-refractivity contribution in [3.05, 3.63) is 40.3 Å². The number of nitrogens with zero attached hydrogens (tertiary/aromatic N) is 1. The molecule has 5 heteroatoms. The van der Waals surface area contributed by atoms with Crippen LogP contribution in [0.2, 0.25) is 0 Å². The van der Waals surface area contributed by atoms with Crippen LogP contribution in [-0.4, -0.2) is 23.8 Å². The monoisotopic (exact) mass is 264 g/mol. The first kappa shape index (κ1) is 12.9. The number of nitrogens with one attached hydrogen (secondary N) is 1. The van der Waals surface area contributed by atoms with E-state index in [0.717, 1.165) is 22.7 Å². The van der Waals surface area contributed by atoms with Gasteiger partial charge in [0.05, 0.1) is 24.9 Å². The van der Waals surface area contributed by atoms with Crippen LogP contribution in [0, 0.1) is 0 Å². The van der Waals surface area contributed by atoms with E-state index in [2.05, 4.69) is 10.3 Å². The summed E-state index contributed by atoms with van der Waals surface area (Å²) in [6, 6.07) is 5.81. The van der Waals surface area contributed by atoms with Crippen molar-refractivity contribution < 1.29 is 9.84 Å². The van der Waals surface area contributed by atoms with Gasteiger partial charge < -0.3 is 15.2 Å². The van der Waals surface area contributed by atoms with E-state index < -0.39 is 0 Å². The molecule has 0 saturated carbocycles. The van der Waals surface area contributed by atoms with Gasteiger partial charge in [0, 0.05) is 23.7 Å². The predicted molar refractivity (Wildman–Crippen MR) is 73.2 cm³/mol. The third-order valence-corrected chi connectivity index (χ3v) is 3.28. The molecule has 1 aromatic carbocycles. The molecule has 0 spiro atoms. The molecule has 4 nitrogen and oxygen atoms in total. The number of rotatable bonds is 6. The number of benzene rings is 1. The van der Waals surface area contributed by atoms with Gasteiger partial charge in [-0.15, -0.1) is 11.3 Å². The van der Waals surface area contributed by atoms with E-state index in [0.29, 0.717) is 13.0 Å². The van der Waals surface area contributed by atoms with Crippen LogP contribution in [0.4, 0.5) is 5.69 Å². The second-order valence-corrected chi connectivity index (χ2v) is 4.55. The molecular formula is C13H16N2O2S. The number of aliphatic hydroxyl groups is 1. The molecule has 0 aliphatic heterocycles. The molecule has 0 radical (unpaired) electrons. The van der Waals surface area contributed by atoms with Crippen LogP contribution < -0.4 is 10.1 Å². The predicted octanol–water partition coefficient (Wildman–Crippen LogP) is 2.30. The molecule has 1 heterocycles. The normalized spacial score (nSPS) is 10.3. The van der Waals surface area contributed by atoms with E-state index in [4.69, 9.17) is 9.84 Å². The van der Waals surface area contributed by atoms with Crippen LogP contribution in [-0.2, 0) is 13.0 Å². The molecular weight excluding hydrogens is 248 g/mol. The largest absolute Gasteiger partial charge is 0.497 e. The Morgan fingerprint density at radius 3 is 3.00 bits per heavy atom. The number of hydrogen-bond donors (Lipinski definition) is 2. The maximum absolute atomic E-state index is 9.05. The topological polar surface area (TPSA) is 54.4 Å². The van der Waals surface area contributed by atoms with Gasteiger partial charge in [-0.1, -0.05) is 6.07 Å². The highest BCUT2D eigenvalue weighted by atomic mass is 32.1. The summed E-state index contributed by atoms with van der Waals surface area (Å²) in [6.45, 7) is 0.812. The summed E-state index contributed by atoms with van der Waals surface area (Å²) >= 11 is 1.58. The second kappa shape index (κ2) is 6.37. The standard InChI is InChI=1S/C13H16N2O2S/c1-17-12-3-2-10(4-5-16)13(6-12)14-7-11-8-18-9-15-11/h2-3,6,8-9,14,16H,4-5,7H2,1H3. The fourth-order valence-electron chi connectivity index (χ4n) is 1.70. The average molecular weight is 264 g/mol. The molecule has 1 aromatic heterocycles. The van der Waals surface area contributed by atoms with Crippen molar-refractivity contribution in [1.29, 1.82) is 0 Å². The Hall–Kier alpha value is -1.59. The summed E-state index contributed by atoms with van der Waals surface area (Å²) in [5.74, 6) is 0.803. The first-order chi connectivity index (χ1) is 8.83. The van der Waals surface area contributed by atoms with Gasteiger partial charge in [0.2, 0.25) is 0 Å². The molecule has 2 rings (SSSR count). The minimum atomic E-state index is 0.137. The van der Waals surface area contributed by atoms with Crippen molar-refractivity contribution in [1.82, 2.24) is 4.98 Å². The Kier molecular flexibility index (Phi) is 4.55. The van der Waals surface area contributed by atoms with Gasteiger partial charge in [-0.25, -0.2) is 4.98 Å². The van der Waals surface area contributed by atoms with Gasteiger partial charge in [0.1, 0.15) is 5.75 Å². The molecule has 0 amide bonds. The van der Waals surface area contributed by atoms with E-state index in [9.17, 15) is 0 Å². The van der Waals surface area contributed by atoms with Crippen LogP contribution in [0.25, 0.3) is 0 Å². The highest BCUT2D eigenvalue weighted by Gasteiger charge is 2.04. The first-order valence-electron chi connectivity index (χ1n) is 5.72. The highest BCUT2D eigenvalue weighted by molar-refractivity contribution is 7.07. The van der Waals surface area contributed by atoms with Crippen LogP contribution >= 0.6 is 11.3 Å². The van der Waals surface area contributed by atoms with Crippen LogP contribution in [0.5, 0.6) is 5.75 Å². The highest BCUT2D eigenvalue weighted by Crippen LogP contribution is 2.23. The average Bonchev–Trinajstić information content (AvgIpc) is 2.91. The molecule has 0 atom stereocenters. The molecule has 0 unspecified atom stereocenters. The number of anilines is 1. The van der Waals surface area contributed by atoms with Gasteiger partial charge in [-0.05, 0) is 18.1 Å². The third kappa shape index (κ3) is 3.21. The first-order valence-corrected chi connectivity index (χ1v) is 6.66. The maximum Gasteiger partial charge on any atom is 0.120 e. The van der Waals surface area contributed by atoms with Crippen LogP contribution in [0.1, 0.15) is 11.3 Å². The van der Waals surface area contributed by atoms with Gasteiger partial charge in [0.25, 0.3) is 0 Å². The van der Waals surface area contributed by atoms with Gasteiger partial charge in [0.15, 0.2) is 0 Å². The number of aliphatic hydroxyl groups excluding tert-OH is 1. The minimum Gasteiger partial charge on any atom is -0.497 e. The van der Waals surface area contributed by atoms with Gasteiger partial charge in [-0.2, -0.15) is 0 Å². The summed E-state index contributed by atoms with van der Waals surface area (Å²) in [6.07, 6.45) is 0.628. The van der Waals surface area contributed by atoms with Gasteiger partial charge in [-0.3, -0.25) is 0 Å². The van der Waals surface area contributed by atoms with Crippen molar-refractivity contribution >= 4 is 17.0 Å². The second-order valence-electron chi connectivity index (χ2n) is 3.83. The maximum atomic E-state index is 9.05. The number of thiazole rings is 1. The lowest BCUT2D eigenvalue weighted by Gasteiger charge is -2.12. The molecule has 0 saturated heterocycles. The van der Waals surface area contributed by atoms with Crippen LogP contribution in [0.15, 0.2) is 29.1 Å². The summed E-state index contributed by atoms with van der Waals surface area (Å²) in [5.41, 5.74) is 4.89. The fourth-order valence-corrected chi connectivity index (χ4v) is 2.25. The van der Waals surface area contributed by atoms with Crippen molar-refractivity contribution in [2.45, 2.75) is 13.0 Å². The zero-order valence-electron chi connectivity index (χ0n) is 10.2. The Bertz CT molecular complexity index is 486. The number of aromatic nitrogens is 1. The Morgan fingerprint density at radius 1 is 1.44 bits per heavy atom. The summed E-state index contributed by atoms with van der Waals surface area (Å²) in [7, 11) is 1.64. The SMILES string of the molecule is COc1ccc(CCO)c(NCc2cscn2)c1. The lowest BCUT2D eigenvalue weighted by Crippen LogP contribution is -2.04. The molecule has 2 aromatic rings. The Balaban J connectivity index is 2.12. The van der Waals surface area contributed by atoms with E-state index in [1.165, 1.54) is 0 Å². The minimum absolute atomic E-state index is 0.137. The van der Waals surface area contributed by atoms with Crippen molar-refractivity contribution in [3.8, 4) is 5.75 Å². The van der Waals surface area contributed by atoms with E-state index in [1.807, 2.05) is 29.1 Å². The lowest BCUT2D eigenvalue weighted by molar-refractivity contribution is 0.299. The molecule has 0 bridgehead atoms. The van der Waals surface area contributed by atoms with Crippen molar-refractivity contribution in [2.75, 3.05) is 19.0 Å². The molecule has 0 aliphatic rings. The quantitative estimate of drug-likeness (QED) is 0.840. The summed E-state index contributed by atoms with van der Waals surface area (Å²) in [4.78, 5) is 4.22.